The van der Waals surface area contributed by atoms with E-state index >= 15 is 0 Å². The number of hydrogen-bond acceptors (Lipinski definition) is 4. The average Bonchev–Trinajstić information content (AvgIpc) is 2.04. The summed E-state index contributed by atoms with van der Waals surface area (Å²) >= 11 is 0. The lowest BCUT2D eigenvalue weighted by atomic mass is 10.2. The Labute approximate surface area is 64.2 Å². The number of nitrogens with zero attached hydrogens (tertiary/aromatic N) is 2. The predicted octanol–water partition coefficient (Wildman–Crippen LogP) is 0.544. The molecular weight excluding hydrogens is 142 g/mol. The molecule has 1 heterocycles. The molecule has 0 aromatic carbocycles. The topological polar surface area (TPSA) is 71.9 Å². The van der Waals surface area contributed by atoms with E-state index in [4.69, 9.17) is 15.7 Å². The summed E-state index contributed by atoms with van der Waals surface area (Å²) in [5.41, 5.74) is 5.82. The van der Waals surface area contributed by atoms with Gasteiger partial charge < -0.3 is 10.5 Å². The number of nitrogens with two attached hydrogens (primary N) is 1. The Balaban J connectivity index is 3.27. The molecule has 0 radical (unpaired) electrons. The summed E-state index contributed by atoms with van der Waals surface area (Å²) in [7, 11) is 1.45. The van der Waals surface area contributed by atoms with Crippen LogP contribution in [0.25, 0.3) is 0 Å². The van der Waals surface area contributed by atoms with Gasteiger partial charge in [-0.3, -0.25) is 0 Å². The van der Waals surface area contributed by atoms with Gasteiger partial charge in [0.2, 0.25) is 0 Å². The minimum atomic E-state index is 0.242. The highest BCUT2D eigenvalue weighted by molar-refractivity contribution is 5.55. The van der Waals surface area contributed by atoms with Crippen molar-refractivity contribution in [1.82, 2.24) is 4.98 Å². The first kappa shape index (κ1) is 7.35. The molecule has 0 saturated carbocycles. The van der Waals surface area contributed by atoms with Gasteiger partial charge in [0.15, 0.2) is 11.6 Å². The normalized spacial score (nSPS) is 8.73. The van der Waals surface area contributed by atoms with E-state index in [-0.39, 0.29) is 5.82 Å². The van der Waals surface area contributed by atoms with Crippen LogP contribution in [0.5, 0.6) is 5.75 Å². The number of hydrogen-bond donors (Lipinski definition) is 1. The molecule has 2 N–H and O–H groups in total. The maximum Gasteiger partial charge on any atom is 0.178 e. The van der Waals surface area contributed by atoms with Crippen molar-refractivity contribution >= 4 is 5.82 Å². The number of aromatic nitrogens is 1. The van der Waals surface area contributed by atoms with Crippen molar-refractivity contribution in [2.24, 2.45) is 0 Å². The molecule has 56 valence electrons. The molecule has 11 heavy (non-hydrogen) atoms. The summed E-state index contributed by atoms with van der Waals surface area (Å²) in [6.45, 7) is 0. The second-order valence-electron chi connectivity index (χ2n) is 1.89. The smallest absolute Gasteiger partial charge is 0.178 e. The van der Waals surface area contributed by atoms with Crippen molar-refractivity contribution in [2.45, 2.75) is 0 Å². The second kappa shape index (κ2) is 2.88. The highest BCUT2D eigenvalue weighted by Crippen LogP contribution is 2.21. The number of nitrogen functional groups attached to an aromatic ring is 1. The summed E-state index contributed by atoms with van der Waals surface area (Å²) in [5.74, 6) is 0.585. The fraction of sp³-hybridized carbons (Fsp3) is 0.143. The monoisotopic (exact) mass is 149 g/mol. The minimum Gasteiger partial charge on any atom is -0.492 e. The molecule has 0 unspecified atom stereocenters. The van der Waals surface area contributed by atoms with Gasteiger partial charge in [-0.05, 0) is 6.07 Å². The van der Waals surface area contributed by atoms with E-state index in [1.807, 2.05) is 6.07 Å². The van der Waals surface area contributed by atoms with Crippen LogP contribution in [0.4, 0.5) is 5.82 Å². The van der Waals surface area contributed by atoms with Crippen molar-refractivity contribution in [3.63, 3.8) is 0 Å². The third-order valence-electron chi connectivity index (χ3n) is 1.26. The number of anilines is 1. The van der Waals surface area contributed by atoms with E-state index in [9.17, 15) is 0 Å². The van der Waals surface area contributed by atoms with Crippen LogP contribution in [-0.4, -0.2) is 12.1 Å². The number of ether oxygens (including phenoxy) is 1. The van der Waals surface area contributed by atoms with Crippen LogP contribution in [0.15, 0.2) is 12.3 Å². The van der Waals surface area contributed by atoms with Crippen LogP contribution >= 0.6 is 0 Å². The molecule has 0 spiro atoms. The van der Waals surface area contributed by atoms with E-state index in [2.05, 4.69) is 4.98 Å². The first-order chi connectivity index (χ1) is 5.29. The third-order valence-corrected chi connectivity index (χ3v) is 1.26. The number of rotatable bonds is 1. The SMILES string of the molecule is COc1c(C#N)ccnc1N. The maximum atomic E-state index is 8.56. The Bertz CT molecular complexity index is 303. The van der Waals surface area contributed by atoms with E-state index in [0.717, 1.165) is 0 Å². The molecule has 0 fully saturated rings. The van der Waals surface area contributed by atoms with Crippen molar-refractivity contribution in [3.8, 4) is 11.8 Å². The van der Waals surface area contributed by atoms with Gasteiger partial charge in [0.25, 0.3) is 0 Å². The van der Waals surface area contributed by atoms with Crippen molar-refractivity contribution in [1.29, 1.82) is 5.26 Å². The molecule has 4 heteroatoms. The Morgan fingerprint density at radius 2 is 2.45 bits per heavy atom. The molecule has 0 amide bonds. The second-order valence-corrected chi connectivity index (χ2v) is 1.89. The Kier molecular flexibility index (Phi) is 1.93. The van der Waals surface area contributed by atoms with Crippen molar-refractivity contribution in [2.75, 3.05) is 12.8 Å². The van der Waals surface area contributed by atoms with Crippen molar-refractivity contribution < 1.29 is 4.74 Å². The Hall–Kier alpha value is -1.76. The zero-order valence-electron chi connectivity index (χ0n) is 6.03. The van der Waals surface area contributed by atoms with Gasteiger partial charge in [-0.1, -0.05) is 0 Å². The van der Waals surface area contributed by atoms with Crippen LogP contribution in [0.2, 0.25) is 0 Å². The summed E-state index contributed by atoms with van der Waals surface area (Å²) < 4.78 is 4.86. The lowest BCUT2D eigenvalue weighted by molar-refractivity contribution is 0.414. The quantitative estimate of drug-likeness (QED) is 0.632. The summed E-state index contributed by atoms with van der Waals surface area (Å²) in [4.78, 5) is 3.76. The third kappa shape index (κ3) is 1.22. The van der Waals surface area contributed by atoms with Crippen LogP contribution in [0.1, 0.15) is 5.56 Å². The van der Waals surface area contributed by atoms with Crippen molar-refractivity contribution in [3.05, 3.63) is 17.8 Å². The van der Waals surface area contributed by atoms with E-state index in [1.54, 1.807) is 6.07 Å². The summed E-state index contributed by atoms with van der Waals surface area (Å²) in [5, 5.41) is 8.56. The number of nitriles is 1. The highest BCUT2D eigenvalue weighted by Gasteiger charge is 2.05. The number of methoxy groups -OCH3 is 1. The first-order valence-electron chi connectivity index (χ1n) is 2.98. The maximum absolute atomic E-state index is 8.56. The van der Waals surface area contributed by atoms with Gasteiger partial charge in [0.05, 0.1) is 12.7 Å². The van der Waals surface area contributed by atoms with Gasteiger partial charge in [-0.2, -0.15) is 5.26 Å². The Morgan fingerprint density at radius 3 is 2.91 bits per heavy atom. The average molecular weight is 149 g/mol. The van der Waals surface area contributed by atoms with Gasteiger partial charge >= 0.3 is 0 Å². The largest absolute Gasteiger partial charge is 0.492 e. The molecule has 1 rings (SSSR count). The van der Waals surface area contributed by atoms with Gasteiger partial charge in [-0.15, -0.1) is 0 Å². The van der Waals surface area contributed by atoms with E-state index < -0.39 is 0 Å². The van der Waals surface area contributed by atoms with E-state index in [0.29, 0.717) is 11.3 Å². The van der Waals surface area contributed by atoms with Crippen LogP contribution in [0.3, 0.4) is 0 Å². The highest BCUT2D eigenvalue weighted by atomic mass is 16.5. The zero-order valence-corrected chi connectivity index (χ0v) is 6.03. The van der Waals surface area contributed by atoms with Gasteiger partial charge in [0, 0.05) is 6.20 Å². The lowest BCUT2D eigenvalue weighted by Gasteiger charge is -2.02. The molecule has 0 saturated heterocycles. The van der Waals surface area contributed by atoms with Crippen LogP contribution in [-0.2, 0) is 0 Å². The van der Waals surface area contributed by atoms with E-state index in [1.165, 1.54) is 13.3 Å². The predicted molar refractivity (Wildman–Crippen MR) is 39.9 cm³/mol. The summed E-state index contributed by atoms with van der Waals surface area (Å²) in [6.07, 6.45) is 1.47. The molecule has 1 aromatic heterocycles. The van der Waals surface area contributed by atoms with Gasteiger partial charge in [-0.25, -0.2) is 4.98 Å². The zero-order chi connectivity index (χ0) is 8.27. The molecule has 1 aromatic rings. The number of pyridine rings is 1. The molecule has 0 aliphatic rings. The molecular formula is C7H7N3O. The summed E-state index contributed by atoms with van der Waals surface area (Å²) in [6, 6.07) is 3.49. The molecule has 0 atom stereocenters. The molecule has 0 bridgehead atoms. The van der Waals surface area contributed by atoms with Crippen LogP contribution < -0.4 is 10.5 Å². The fourth-order valence-corrected chi connectivity index (χ4v) is 0.767. The molecule has 0 aliphatic heterocycles. The minimum absolute atomic E-state index is 0.242. The van der Waals surface area contributed by atoms with Gasteiger partial charge in [0.1, 0.15) is 6.07 Å². The lowest BCUT2D eigenvalue weighted by Crippen LogP contribution is -1.97. The standard InChI is InChI=1S/C7H7N3O/c1-11-6-5(4-8)2-3-10-7(6)9/h2-3H,1H3,(H2,9,10). The molecule has 0 aliphatic carbocycles. The Morgan fingerprint density at radius 1 is 1.73 bits per heavy atom. The first-order valence-corrected chi connectivity index (χ1v) is 2.98. The van der Waals surface area contributed by atoms with Crippen LogP contribution in [0, 0.1) is 11.3 Å². The molecule has 4 nitrogen and oxygen atoms in total. The fourth-order valence-electron chi connectivity index (χ4n) is 0.767.